The van der Waals surface area contributed by atoms with Crippen LogP contribution in [0, 0.1) is 0 Å². The molecule has 3 aromatic rings. The Bertz CT molecular complexity index is 863. The predicted octanol–water partition coefficient (Wildman–Crippen LogP) is 1.82. The molecule has 1 aromatic carbocycles. The summed E-state index contributed by atoms with van der Waals surface area (Å²) >= 11 is 0. The Balaban J connectivity index is 2.02. The highest BCUT2D eigenvalue weighted by molar-refractivity contribution is 5.86. The lowest BCUT2D eigenvalue weighted by atomic mass is 10.3. The highest BCUT2D eigenvalue weighted by Crippen LogP contribution is 2.13. The lowest BCUT2D eigenvalue weighted by Crippen LogP contribution is -2.20. The molecule has 0 spiro atoms. The smallest absolute Gasteiger partial charge is 0.373 e. The van der Waals surface area contributed by atoms with Crippen LogP contribution in [0.2, 0.25) is 0 Å². The van der Waals surface area contributed by atoms with Gasteiger partial charge < -0.3 is 9.15 Å². The number of hydrogen-bond acceptors (Lipinski definition) is 5. The first kappa shape index (κ1) is 13.1. The topological polar surface area (TPSA) is 74.3 Å². The molecule has 21 heavy (non-hydrogen) atoms. The molecule has 0 radical (unpaired) electrons. The summed E-state index contributed by atoms with van der Waals surface area (Å²) in [7, 11) is 1.28. The monoisotopic (exact) mass is 284 g/mol. The number of para-hydroxylation sites is 2. The molecule has 6 heteroatoms. The number of esters is 1. The molecule has 106 valence electrons. The van der Waals surface area contributed by atoms with Crippen molar-refractivity contribution in [1.29, 1.82) is 0 Å². The van der Waals surface area contributed by atoms with Crippen molar-refractivity contribution in [2.75, 3.05) is 7.11 Å². The summed E-state index contributed by atoms with van der Waals surface area (Å²) in [5.74, 6) is 0.0564. The average Bonchev–Trinajstić information content (AvgIpc) is 2.98. The molecule has 3 rings (SSSR count). The number of rotatable bonds is 3. The highest BCUT2D eigenvalue weighted by Gasteiger charge is 2.12. The van der Waals surface area contributed by atoms with E-state index in [9.17, 15) is 9.59 Å². The molecule has 2 aromatic heterocycles. The van der Waals surface area contributed by atoms with Gasteiger partial charge in [-0.3, -0.25) is 9.36 Å². The second-order valence-electron chi connectivity index (χ2n) is 4.43. The zero-order chi connectivity index (χ0) is 14.8. The quantitative estimate of drug-likeness (QED) is 0.686. The summed E-state index contributed by atoms with van der Waals surface area (Å²) < 4.78 is 11.5. The van der Waals surface area contributed by atoms with Gasteiger partial charge in [0.2, 0.25) is 5.76 Å². The van der Waals surface area contributed by atoms with Gasteiger partial charge in [-0.05, 0) is 24.3 Å². The standard InChI is InChI=1S/C15H12N2O4/c1-20-15(19)13-7-6-10(21-13)9-17-12-5-3-2-4-11(12)16-8-14(17)18/h2-8H,9H2,1H3. The molecule has 2 heterocycles. The van der Waals surface area contributed by atoms with Crippen molar-refractivity contribution in [2.24, 2.45) is 0 Å². The van der Waals surface area contributed by atoms with Gasteiger partial charge in [0.05, 0.1) is 30.9 Å². The van der Waals surface area contributed by atoms with Crippen LogP contribution in [-0.4, -0.2) is 22.6 Å². The molecule has 0 saturated heterocycles. The van der Waals surface area contributed by atoms with E-state index in [2.05, 4.69) is 9.72 Å². The molecular weight excluding hydrogens is 272 g/mol. The maximum atomic E-state index is 12.0. The second kappa shape index (κ2) is 5.24. The first-order valence-corrected chi connectivity index (χ1v) is 6.30. The lowest BCUT2D eigenvalue weighted by molar-refractivity contribution is 0.0563. The molecular formula is C15H12N2O4. The first-order chi connectivity index (χ1) is 10.2. The zero-order valence-electron chi connectivity index (χ0n) is 11.3. The van der Waals surface area contributed by atoms with Gasteiger partial charge in [0.1, 0.15) is 5.76 Å². The Hall–Kier alpha value is -2.89. The third-order valence-corrected chi connectivity index (χ3v) is 3.11. The third kappa shape index (κ3) is 2.43. The van der Waals surface area contributed by atoms with Crippen LogP contribution in [0.4, 0.5) is 0 Å². The number of methoxy groups -OCH3 is 1. The number of ether oxygens (including phenoxy) is 1. The van der Waals surface area contributed by atoms with E-state index in [0.717, 1.165) is 5.52 Å². The second-order valence-corrected chi connectivity index (χ2v) is 4.43. The molecule has 0 N–H and O–H groups in total. The van der Waals surface area contributed by atoms with Crippen molar-refractivity contribution in [1.82, 2.24) is 9.55 Å². The van der Waals surface area contributed by atoms with E-state index >= 15 is 0 Å². The van der Waals surface area contributed by atoms with Gasteiger partial charge in [-0.25, -0.2) is 9.78 Å². The lowest BCUT2D eigenvalue weighted by Gasteiger charge is -2.07. The largest absolute Gasteiger partial charge is 0.463 e. The Morgan fingerprint density at radius 2 is 2.10 bits per heavy atom. The summed E-state index contributed by atoms with van der Waals surface area (Å²) in [5.41, 5.74) is 1.20. The minimum Gasteiger partial charge on any atom is -0.463 e. The Kier molecular flexibility index (Phi) is 3.27. The van der Waals surface area contributed by atoms with Crippen LogP contribution in [0.25, 0.3) is 11.0 Å². The fourth-order valence-corrected chi connectivity index (χ4v) is 2.11. The molecule has 0 aliphatic carbocycles. The number of furan rings is 1. The predicted molar refractivity (Wildman–Crippen MR) is 75.2 cm³/mol. The van der Waals surface area contributed by atoms with E-state index in [1.165, 1.54) is 19.4 Å². The molecule has 0 unspecified atom stereocenters. The molecule has 0 amide bonds. The van der Waals surface area contributed by atoms with E-state index in [1.54, 1.807) is 10.6 Å². The average molecular weight is 284 g/mol. The molecule has 6 nitrogen and oxygen atoms in total. The van der Waals surface area contributed by atoms with Gasteiger partial charge in [-0.15, -0.1) is 0 Å². The van der Waals surface area contributed by atoms with Crippen molar-refractivity contribution in [3.8, 4) is 0 Å². The number of carbonyl (C=O) groups is 1. The number of benzene rings is 1. The molecule has 0 bridgehead atoms. The summed E-state index contributed by atoms with van der Waals surface area (Å²) in [4.78, 5) is 27.5. The summed E-state index contributed by atoms with van der Waals surface area (Å²) in [6.07, 6.45) is 1.27. The minimum atomic E-state index is -0.548. The van der Waals surface area contributed by atoms with Crippen molar-refractivity contribution in [3.05, 3.63) is 64.5 Å². The first-order valence-electron chi connectivity index (χ1n) is 6.30. The van der Waals surface area contributed by atoms with Crippen LogP contribution in [0.15, 0.2) is 51.8 Å². The van der Waals surface area contributed by atoms with E-state index < -0.39 is 5.97 Å². The maximum absolute atomic E-state index is 12.0. The number of nitrogens with zero attached hydrogens (tertiary/aromatic N) is 2. The van der Waals surface area contributed by atoms with E-state index in [4.69, 9.17) is 4.42 Å². The zero-order valence-corrected chi connectivity index (χ0v) is 11.3. The van der Waals surface area contributed by atoms with Crippen molar-refractivity contribution >= 4 is 17.0 Å². The highest BCUT2D eigenvalue weighted by atomic mass is 16.5. The number of aromatic nitrogens is 2. The summed E-state index contributed by atoms with van der Waals surface area (Å²) in [5, 5.41) is 0. The summed E-state index contributed by atoms with van der Waals surface area (Å²) in [6, 6.07) is 10.5. The Morgan fingerprint density at radius 1 is 1.29 bits per heavy atom. The molecule has 0 aliphatic rings. The molecule has 0 aliphatic heterocycles. The van der Waals surface area contributed by atoms with Crippen LogP contribution in [0.3, 0.4) is 0 Å². The molecule has 0 atom stereocenters. The van der Waals surface area contributed by atoms with E-state index in [-0.39, 0.29) is 17.9 Å². The van der Waals surface area contributed by atoms with E-state index in [0.29, 0.717) is 11.3 Å². The number of hydrogen-bond donors (Lipinski definition) is 0. The SMILES string of the molecule is COC(=O)c1ccc(Cn2c(=O)cnc3ccccc32)o1. The fraction of sp³-hybridized carbons (Fsp3) is 0.133. The third-order valence-electron chi connectivity index (χ3n) is 3.11. The van der Waals surface area contributed by atoms with Gasteiger partial charge in [-0.2, -0.15) is 0 Å². The van der Waals surface area contributed by atoms with Crippen molar-refractivity contribution < 1.29 is 13.9 Å². The van der Waals surface area contributed by atoms with Gasteiger partial charge in [0.15, 0.2) is 0 Å². The van der Waals surface area contributed by atoms with Crippen LogP contribution in [-0.2, 0) is 11.3 Å². The Morgan fingerprint density at radius 3 is 2.90 bits per heavy atom. The van der Waals surface area contributed by atoms with Crippen LogP contribution < -0.4 is 5.56 Å². The summed E-state index contributed by atoms with van der Waals surface area (Å²) in [6.45, 7) is 0.221. The minimum absolute atomic E-state index is 0.110. The van der Waals surface area contributed by atoms with Crippen LogP contribution in [0.5, 0.6) is 0 Å². The number of fused-ring (bicyclic) bond motifs is 1. The van der Waals surface area contributed by atoms with E-state index in [1.807, 2.05) is 24.3 Å². The van der Waals surface area contributed by atoms with Gasteiger partial charge in [0, 0.05) is 0 Å². The van der Waals surface area contributed by atoms with Crippen LogP contribution >= 0.6 is 0 Å². The Labute approximate surface area is 119 Å². The molecule has 0 saturated carbocycles. The van der Waals surface area contributed by atoms with Crippen LogP contribution in [0.1, 0.15) is 16.3 Å². The van der Waals surface area contributed by atoms with Gasteiger partial charge in [0.25, 0.3) is 5.56 Å². The number of carbonyl (C=O) groups excluding carboxylic acids is 1. The van der Waals surface area contributed by atoms with Gasteiger partial charge >= 0.3 is 5.97 Å². The van der Waals surface area contributed by atoms with Crippen molar-refractivity contribution in [3.63, 3.8) is 0 Å². The fourth-order valence-electron chi connectivity index (χ4n) is 2.11. The molecule has 0 fully saturated rings. The van der Waals surface area contributed by atoms with Crippen molar-refractivity contribution in [2.45, 2.75) is 6.54 Å². The maximum Gasteiger partial charge on any atom is 0.373 e. The normalized spacial score (nSPS) is 10.7. The van der Waals surface area contributed by atoms with Gasteiger partial charge in [-0.1, -0.05) is 12.1 Å².